The van der Waals surface area contributed by atoms with Crippen LogP contribution < -0.4 is 0 Å². The molecule has 0 atom stereocenters. The lowest BCUT2D eigenvalue weighted by Crippen LogP contribution is -2.24. The van der Waals surface area contributed by atoms with Crippen LogP contribution in [0.25, 0.3) is 0 Å². The number of carbonyl (C=O) groups excluding carboxylic acids is 2. The molecule has 56 valence electrons. The molecule has 0 amide bonds. The predicted octanol–water partition coefficient (Wildman–Crippen LogP) is 0.670. The Morgan fingerprint density at radius 2 is 2.00 bits per heavy atom. The summed E-state index contributed by atoms with van der Waals surface area (Å²) in [5, 5.41) is 9.11. The normalized spacial score (nSPS) is 22.7. The van der Waals surface area contributed by atoms with Crippen molar-refractivity contribution in [2.75, 3.05) is 0 Å². The second-order valence-electron chi connectivity index (χ2n) is 2.69. The Hall–Kier alpha value is -1.38. The van der Waals surface area contributed by atoms with Crippen LogP contribution in [0.2, 0.25) is 0 Å². The molecule has 0 spiro atoms. The molecule has 2 aliphatic rings. The first-order valence-electron chi connectivity index (χ1n) is 3.42. The molecule has 2 aliphatic carbocycles. The number of fused-ring (bicyclic) bond motifs is 1. The first kappa shape index (κ1) is 6.34. The molecule has 1 N–H and O–H groups in total. The number of aliphatic hydroxyl groups excluding tert-OH is 1. The summed E-state index contributed by atoms with van der Waals surface area (Å²) >= 11 is 0. The zero-order chi connectivity index (χ0) is 8.01. The Labute approximate surface area is 63.0 Å². The van der Waals surface area contributed by atoms with E-state index in [-0.39, 0.29) is 5.76 Å². The summed E-state index contributed by atoms with van der Waals surface area (Å²) in [6.45, 7) is 0. The largest absolute Gasteiger partial charge is 0.504 e. The van der Waals surface area contributed by atoms with E-state index in [1.165, 1.54) is 6.08 Å². The molecule has 0 heterocycles. The molecule has 0 aliphatic heterocycles. The standard InChI is InChI=1S/C8H6O3/c9-6-3-4-1-2-5(4)7(10)8(6)11/h3,10H,1-2H2. The average molecular weight is 150 g/mol. The molecule has 1 fully saturated rings. The van der Waals surface area contributed by atoms with Crippen LogP contribution in [0, 0.1) is 0 Å². The lowest BCUT2D eigenvalue weighted by molar-refractivity contribution is -0.133. The van der Waals surface area contributed by atoms with E-state index in [4.69, 9.17) is 5.11 Å². The zero-order valence-corrected chi connectivity index (χ0v) is 5.76. The highest BCUT2D eigenvalue weighted by molar-refractivity contribution is 6.48. The number of rotatable bonds is 0. The van der Waals surface area contributed by atoms with Gasteiger partial charge in [0.25, 0.3) is 5.78 Å². The maximum absolute atomic E-state index is 10.8. The molecule has 0 aromatic heterocycles. The Balaban J connectivity index is 2.53. The highest BCUT2D eigenvalue weighted by Gasteiger charge is 2.32. The molecular formula is C8H6O3. The molecule has 0 aromatic rings. The van der Waals surface area contributed by atoms with Gasteiger partial charge in [0.05, 0.1) is 0 Å². The van der Waals surface area contributed by atoms with Gasteiger partial charge in [0.2, 0.25) is 5.78 Å². The fourth-order valence-electron chi connectivity index (χ4n) is 1.30. The van der Waals surface area contributed by atoms with Crippen molar-refractivity contribution in [1.29, 1.82) is 0 Å². The van der Waals surface area contributed by atoms with E-state index in [1.54, 1.807) is 0 Å². The van der Waals surface area contributed by atoms with Gasteiger partial charge in [-0.3, -0.25) is 9.59 Å². The molecule has 3 heteroatoms. The van der Waals surface area contributed by atoms with Gasteiger partial charge in [-0.1, -0.05) is 0 Å². The van der Waals surface area contributed by atoms with Gasteiger partial charge in [-0.05, 0) is 24.5 Å². The maximum atomic E-state index is 10.8. The van der Waals surface area contributed by atoms with Gasteiger partial charge < -0.3 is 5.11 Å². The van der Waals surface area contributed by atoms with Gasteiger partial charge in [-0.2, -0.15) is 0 Å². The fraction of sp³-hybridized carbons (Fsp3) is 0.250. The van der Waals surface area contributed by atoms with Crippen LogP contribution in [0.4, 0.5) is 0 Å². The highest BCUT2D eigenvalue weighted by atomic mass is 16.3. The fourth-order valence-corrected chi connectivity index (χ4v) is 1.30. The second kappa shape index (κ2) is 1.81. The minimum Gasteiger partial charge on any atom is -0.504 e. The van der Waals surface area contributed by atoms with Gasteiger partial charge in [0.15, 0.2) is 5.76 Å². The molecule has 0 aromatic carbocycles. The van der Waals surface area contributed by atoms with Crippen molar-refractivity contribution < 1.29 is 14.7 Å². The minimum absolute atomic E-state index is 0.334. The van der Waals surface area contributed by atoms with Crippen LogP contribution in [0.15, 0.2) is 23.0 Å². The van der Waals surface area contributed by atoms with E-state index < -0.39 is 11.6 Å². The Bertz CT molecular complexity index is 320. The number of Topliss-reactive ketones (excluding diaryl/α,β-unsaturated/α-hetero) is 1. The summed E-state index contributed by atoms with van der Waals surface area (Å²) in [7, 11) is 0. The van der Waals surface area contributed by atoms with Crippen molar-refractivity contribution in [1.82, 2.24) is 0 Å². The number of hydrogen-bond donors (Lipinski definition) is 1. The first-order valence-corrected chi connectivity index (χ1v) is 3.42. The molecule has 0 unspecified atom stereocenters. The third-order valence-electron chi connectivity index (χ3n) is 2.06. The molecule has 2 rings (SSSR count). The molecule has 11 heavy (non-hydrogen) atoms. The Kier molecular flexibility index (Phi) is 1.04. The lowest BCUT2D eigenvalue weighted by atomic mass is 9.79. The third-order valence-corrected chi connectivity index (χ3v) is 2.06. The van der Waals surface area contributed by atoms with Crippen LogP contribution >= 0.6 is 0 Å². The summed E-state index contributed by atoms with van der Waals surface area (Å²) in [5.41, 5.74) is 1.49. The van der Waals surface area contributed by atoms with E-state index in [9.17, 15) is 9.59 Å². The molecule has 0 radical (unpaired) electrons. The van der Waals surface area contributed by atoms with E-state index in [1.807, 2.05) is 0 Å². The maximum Gasteiger partial charge on any atom is 0.267 e. The molecule has 1 saturated carbocycles. The summed E-state index contributed by atoms with van der Waals surface area (Å²) in [6, 6.07) is 0. The Morgan fingerprint density at radius 1 is 1.27 bits per heavy atom. The highest BCUT2D eigenvalue weighted by Crippen LogP contribution is 2.37. The minimum atomic E-state index is -0.761. The summed E-state index contributed by atoms with van der Waals surface area (Å²) in [4.78, 5) is 21.6. The summed E-state index contributed by atoms with van der Waals surface area (Å²) in [5.74, 6) is -1.69. The van der Waals surface area contributed by atoms with Crippen molar-refractivity contribution in [2.24, 2.45) is 0 Å². The number of aliphatic hydroxyl groups is 1. The molecule has 0 bridgehead atoms. The van der Waals surface area contributed by atoms with Gasteiger partial charge in [-0.15, -0.1) is 0 Å². The van der Waals surface area contributed by atoms with Crippen molar-refractivity contribution in [2.45, 2.75) is 12.8 Å². The monoisotopic (exact) mass is 150 g/mol. The smallest absolute Gasteiger partial charge is 0.267 e. The van der Waals surface area contributed by atoms with Crippen LogP contribution in [0.5, 0.6) is 0 Å². The second-order valence-corrected chi connectivity index (χ2v) is 2.69. The lowest BCUT2D eigenvalue weighted by Gasteiger charge is -2.24. The topological polar surface area (TPSA) is 54.4 Å². The number of ketones is 2. The molecule has 3 nitrogen and oxygen atoms in total. The van der Waals surface area contributed by atoms with Crippen LogP contribution in [-0.2, 0) is 9.59 Å². The van der Waals surface area contributed by atoms with Gasteiger partial charge >= 0.3 is 0 Å². The number of carbonyl (C=O) groups is 2. The van der Waals surface area contributed by atoms with Crippen molar-refractivity contribution in [3.8, 4) is 0 Å². The Morgan fingerprint density at radius 3 is 2.55 bits per heavy atom. The van der Waals surface area contributed by atoms with Gasteiger partial charge in [0.1, 0.15) is 0 Å². The van der Waals surface area contributed by atoms with Crippen molar-refractivity contribution in [3.63, 3.8) is 0 Å². The molecular weight excluding hydrogens is 144 g/mol. The average Bonchev–Trinajstić information content (AvgIpc) is 1.93. The zero-order valence-electron chi connectivity index (χ0n) is 5.76. The SMILES string of the molecule is O=C1C=C2CCC2=C(O)C1=O. The van der Waals surface area contributed by atoms with Crippen LogP contribution in [-0.4, -0.2) is 16.7 Å². The number of allylic oxidation sites excluding steroid dienone is 4. The van der Waals surface area contributed by atoms with E-state index >= 15 is 0 Å². The number of hydrogen-bond acceptors (Lipinski definition) is 3. The van der Waals surface area contributed by atoms with E-state index in [0.717, 1.165) is 18.4 Å². The summed E-state index contributed by atoms with van der Waals surface area (Å²) < 4.78 is 0. The predicted molar refractivity (Wildman–Crippen MR) is 37.0 cm³/mol. The summed E-state index contributed by atoms with van der Waals surface area (Å²) in [6.07, 6.45) is 2.84. The first-order chi connectivity index (χ1) is 5.20. The molecule has 0 saturated heterocycles. The van der Waals surface area contributed by atoms with Gasteiger partial charge in [0, 0.05) is 5.57 Å². The third kappa shape index (κ3) is 0.677. The van der Waals surface area contributed by atoms with E-state index in [0.29, 0.717) is 5.57 Å². The van der Waals surface area contributed by atoms with Crippen molar-refractivity contribution >= 4 is 11.6 Å². The van der Waals surface area contributed by atoms with Crippen LogP contribution in [0.3, 0.4) is 0 Å². The van der Waals surface area contributed by atoms with Crippen molar-refractivity contribution in [3.05, 3.63) is 23.0 Å². The quantitative estimate of drug-likeness (QED) is 0.408. The van der Waals surface area contributed by atoms with Gasteiger partial charge in [-0.25, -0.2) is 0 Å². The van der Waals surface area contributed by atoms with Crippen LogP contribution in [0.1, 0.15) is 12.8 Å². The van der Waals surface area contributed by atoms with E-state index in [2.05, 4.69) is 0 Å².